The zero-order chi connectivity index (χ0) is 9.68. The lowest BCUT2D eigenvalue weighted by molar-refractivity contribution is 0.0572. The van der Waals surface area contributed by atoms with Crippen LogP contribution in [0.1, 0.15) is 13.3 Å². The summed E-state index contributed by atoms with van der Waals surface area (Å²) in [6.07, 6.45) is 0.0930. The van der Waals surface area contributed by atoms with E-state index < -0.39 is 12.2 Å². The van der Waals surface area contributed by atoms with Gasteiger partial charge in [-0.25, -0.2) is 0 Å². The van der Waals surface area contributed by atoms with Crippen molar-refractivity contribution in [2.24, 2.45) is 0 Å². The number of aliphatic hydroxyl groups excluding tert-OH is 2. The molecule has 78 valence electrons. The van der Waals surface area contributed by atoms with Crippen molar-refractivity contribution in [3.05, 3.63) is 0 Å². The van der Waals surface area contributed by atoms with Gasteiger partial charge in [-0.1, -0.05) is 6.92 Å². The second-order valence-electron chi connectivity index (χ2n) is 3.44. The first-order valence-corrected chi connectivity index (χ1v) is 6.05. The largest absolute Gasteiger partial charge is 0.389 e. The molecule has 4 heteroatoms. The molecule has 0 aliphatic carbocycles. The summed E-state index contributed by atoms with van der Waals surface area (Å²) in [5, 5.41) is 18.5. The lowest BCUT2D eigenvalue weighted by Gasteiger charge is -2.13. The van der Waals surface area contributed by atoms with Crippen LogP contribution in [0.3, 0.4) is 0 Å². The van der Waals surface area contributed by atoms with E-state index in [-0.39, 0.29) is 0 Å². The number of thioether (sulfide) groups is 1. The van der Waals surface area contributed by atoms with Gasteiger partial charge in [-0.3, -0.25) is 4.90 Å². The molecule has 2 atom stereocenters. The highest BCUT2D eigenvalue weighted by Gasteiger charge is 2.28. The summed E-state index contributed by atoms with van der Waals surface area (Å²) < 4.78 is 0. The fourth-order valence-electron chi connectivity index (χ4n) is 1.56. The number of likely N-dealkylation sites (tertiary alicyclic amines) is 1. The summed E-state index contributed by atoms with van der Waals surface area (Å²) in [4.78, 5) is 2.13. The van der Waals surface area contributed by atoms with Crippen LogP contribution in [0.5, 0.6) is 0 Å². The molecule has 3 nitrogen and oxygen atoms in total. The predicted molar refractivity (Wildman–Crippen MR) is 56.1 cm³/mol. The molecular formula is C9H19NO2S. The van der Waals surface area contributed by atoms with Crippen molar-refractivity contribution in [1.82, 2.24) is 4.90 Å². The smallest absolute Gasteiger partial charge is 0.0938 e. The SMILES string of the molecule is CCSCCCN1C[C@@H](O)[C@@H](O)C1. The van der Waals surface area contributed by atoms with E-state index in [1.807, 2.05) is 11.8 Å². The van der Waals surface area contributed by atoms with Crippen LogP contribution >= 0.6 is 11.8 Å². The lowest BCUT2D eigenvalue weighted by atomic mass is 10.3. The van der Waals surface area contributed by atoms with Gasteiger partial charge in [-0.05, 0) is 24.5 Å². The van der Waals surface area contributed by atoms with Gasteiger partial charge in [0, 0.05) is 13.1 Å². The van der Waals surface area contributed by atoms with Crippen LogP contribution in [0.2, 0.25) is 0 Å². The first kappa shape index (κ1) is 11.3. The molecule has 1 saturated heterocycles. The van der Waals surface area contributed by atoms with E-state index in [2.05, 4.69) is 11.8 Å². The Hall–Kier alpha value is 0.230. The topological polar surface area (TPSA) is 43.7 Å². The Labute approximate surface area is 84.1 Å². The maximum absolute atomic E-state index is 9.27. The van der Waals surface area contributed by atoms with E-state index in [4.69, 9.17) is 0 Å². The lowest BCUT2D eigenvalue weighted by Crippen LogP contribution is -2.23. The molecule has 2 N–H and O–H groups in total. The van der Waals surface area contributed by atoms with Crippen LogP contribution in [-0.4, -0.2) is 58.5 Å². The van der Waals surface area contributed by atoms with E-state index >= 15 is 0 Å². The van der Waals surface area contributed by atoms with Crippen molar-refractivity contribution in [3.63, 3.8) is 0 Å². The molecule has 1 heterocycles. The summed E-state index contributed by atoms with van der Waals surface area (Å²) >= 11 is 1.94. The van der Waals surface area contributed by atoms with E-state index in [1.54, 1.807) is 0 Å². The Morgan fingerprint density at radius 1 is 1.31 bits per heavy atom. The summed E-state index contributed by atoms with van der Waals surface area (Å²) in [6, 6.07) is 0. The Morgan fingerprint density at radius 2 is 1.92 bits per heavy atom. The second-order valence-corrected chi connectivity index (χ2v) is 4.84. The highest BCUT2D eigenvalue weighted by Crippen LogP contribution is 2.11. The summed E-state index contributed by atoms with van der Waals surface area (Å²) in [7, 11) is 0. The maximum Gasteiger partial charge on any atom is 0.0938 e. The molecule has 0 radical (unpaired) electrons. The number of hydrogen-bond acceptors (Lipinski definition) is 4. The molecule has 0 unspecified atom stereocenters. The molecule has 0 bridgehead atoms. The molecule has 0 aromatic heterocycles. The minimum Gasteiger partial charge on any atom is -0.389 e. The van der Waals surface area contributed by atoms with E-state index in [9.17, 15) is 10.2 Å². The van der Waals surface area contributed by atoms with Gasteiger partial charge >= 0.3 is 0 Å². The second kappa shape index (κ2) is 5.86. The van der Waals surface area contributed by atoms with E-state index in [0.29, 0.717) is 13.1 Å². The standard InChI is InChI=1S/C9H19NO2S/c1-2-13-5-3-4-10-6-8(11)9(12)7-10/h8-9,11-12H,2-7H2,1H3/t8-,9+. The number of hydrogen-bond donors (Lipinski definition) is 2. The van der Waals surface area contributed by atoms with E-state index in [0.717, 1.165) is 13.0 Å². The number of nitrogens with zero attached hydrogens (tertiary/aromatic N) is 1. The summed E-state index contributed by atoms with van der Waals surface area (Å²) in [5.41, 5.74) is 0. The highest BCUT2D eigenvalue weighted by molar-refractivity contribution is 7.99. The molecule has 0 spiro atoms. The van der Waals surface area contributed by atoms with Crippen LogP contribution in [0.15, 0.2) is 0 Å². The normalized spacial score (nSPS) is 29.8. The molecule has 1 aliphatic rings. The Morgan fingerprint density at radius 3 is 2.46 bits per heavy atom. The first-order valence-electron chi connectivity index (χ1n) is 4.90. The van der Waals surface area contributed by atoms with Gasteiger partial charge in [0.25, 0.3) is 0 Å². The Bertz CT molecular complexity index is 136. The van der Waals surface area contributed by atoms with Crippen LogP contribution in [0.25, 0.3) is 0 Å². The molecule has 0 amide bonds. The van der Waals surface area contributed by atoms with Crippen LogP contribution < -0.4 is 0 Å². The van der Waals surface area contributed by atoms with Crippen LogP contribution in [-0.2, 0) is 0 Å². The zero-order valence-electron chi connectivity index (χ0n) is 8.15. The molecule has 13 heavy (non-hydrogen) atoms. The maximum atomic E-state index is 9.27. The first-order chi connectivity index (χ1) is 6.24. The fraction of sp³-hybridized carbons (Fsp3) is 1.00. The average molecular weight is 205 g/mol. The van der Waals surface area contributed by atoms with Gasteiger partial charge in [0.1, 0.15) is 0 Å². The van der Waals surface area contributed by atoms with E-state index in [1.165, 1.54) is 11.5 Å². The third-order valence-electron chi connectivity index (χ3n) is 2.30. The van der Waals surface area contributed by atoms with Crippen molar-refractivity contribution in [1.29, 1.82) is 0 Å². The van der Waals surface area contributed by atoms with Crippen molar-refractivity contribution in [3.8, 4) is 0 Å². The summed E-state index contributed by atoms with van der Waals surface area (Å²) in [5.74, 6) is 2.35. The van der Waals surface area contributed by atoms with Gasteiger partial charge in [0.2, 0.25) is 0 Å². The number of aliphatic hydroxyl groups is 2. The van der Waals surface area contributed by atoms with Gasteiger partial charge in [-0.15, -0.1) is 0 Å². The third kappa shape index (κ3) is 3.85. The molecule has 1 fully saturated rings. The Balaban J connectivity index is 2.03. The van der Waals surface area contributed by atoms with Crippen LogP contribution in [0, 0.1) is 0 Å². The molecule has 0 aromatic rings. The molecule has 0 saturated carbocycles. The zero-order valence-corrected chi connectivity index (χ0v) is 8.96. The molecule has 0 aromatic carbocycles. The summed E-state index contributed by atoms with van der Waals surface area (Å²) in [6.45, 7) is 4.44. The van der Waals surface area contributed by atoms with Crippen molar-refractivity contribution >= 4 is 11.8 Å². The predicted octanol–water partition coefficient (Wildman–Crippen LogP) is 0.167. The quantitative estimate of drug-likeness (QED) is 0.628. The number of rotatable bonds is 5. The van der Waals surface area contributed by atoms with Crippen molar-refractivity contribution < 1.29 is 10.2 Å². The van der Waals surface area contributed by atoms with Gasteiger partial charge < -0.3 is 10.2 Å². The number of β-amino-alcohol motifs (C(OH)–C–C–N with tert-alkyl or cyclic N) is 2. The van der Waals surface area contributed by atoms with Crippen molar-refractivity contribution in [2.75, 3.05) is 31.1 Å². The van der Waals surface area contributed by atoms with Gasteiger partial charge in [-0.2, -0.15) is 11.8 Å². The highest BCUT2D eigenvalue weighted by atomic mass is 32.2. The minimum atomic E-state index is -0.529. The van der Waals surface area contributed by atoms with Crippen molar-refractivity contribution in [2.45, 2.75) is 25.6 Å². The molecule has 1 rings (SSSR count). The monoisotopic (exact) mass is 205 g/mol. The molecule has 1 aliphatic heterocycles. The average Bonchev–Trinajstić information content (AvgIpc) is 2.41. The van der Waals surface area contributed by atoms with Gasteiger partial charge in [0.15, 0.2) is 0 Å². The fourth-order valence-corrected chi connectivity index (χ4v) is 2.19. The minimum absolute atomic E-state index is 0.529. The molecular weight excluding hydrogens is 186 g/mol. The van der Waals surface area contributed by atoms with Gasteiger partial charge in [0.05, 0.1) is 12.2 Å². The Kier molecular flexibility index (Phi) is 5.09. The third-order valence-corrected chi connectivity index (χ3v) is 3.29. The van der Waals surface area contributed by atoms with Crippen LogP contribution in [0.4, 0.5) is 0 Å².